The Labute approximate surface area is 191 Å². The van der Waals surface area contributed by atoms with E-state index in [2.05, 4.69) is 27.8 Å². The van der Waals surface area contributed by atoms with Crippen LogP contribution in [0, 0.1) is 0 Å². The minimum absolute atomic E-state index is 0.120. The quantitative estimate of drug-likeness (QED) is 0.300. The molecule has 3 N–H and O–H groups in total. The van der Waals surface area contributed by atoms with Crippen LogP contribution in [0.25, 0.3) is 0 Å². The number of guanidine groups is 1. The van der Waals surface area contributed by atoms with Crippen LogP contribution in [0.5, 0.6) is 0 Å². The van der Waals surface area contributed by atoms with Crippen molar-refractivity contribution in [2.75, 3.05) is 32.7 Å². The Morgan fingerprint density at radius 1 is 1.06 bits per heavy atom. The second kappa shape index (κ2) is 13.6. The maximum Gasteiger partial charge on any atom is 0.251 e. The van der Waals surface area contributed by atoms with E-state index < -0.39 is 0 Å². The number of hydrogen-bond acceptors (Lipinski definition) is 4. The van der Waals surface area contributed by atoms with Crippen molar-refractivity contribution in [3.8, 4) is 0 Å². The highest BCUT2D eigenvalue weighted by Crippen LogP contribution is 2.10. The Morgan fingerprint density at radius 2 is 1.91 bits per heavy atom. The molecule has 1 aromatic carbocycles. The number of rotatable bonds is 10. The maximum absolute atomic E-state index is 12.4. The fraction of sp³-hybridized carbons (Fsp3) is 0.520. The second-order valence-corrected chi connectivity index (χ2v) is 8.19. The van der Waals surface area contributed by atoms with Gasteiger partial charge >= 0.3 is 0 Å². The molecular weight excluding hydrogens is 402 g/mol. The van der Waals surface area contributed by atoms with Crippen LogP contribution in [0.4, 0.5) is 0 Å². The number of benzene rings is 1. The minimum Gasteiger partial charge on any atom is -0.467 e. The van der Waals surface area contributed by atoms with Crippen molar-refractivity contribution < 1.29 is 9.21 Å². The van der Waals surface area contributed by atoms with E-state index >= 15 is 0 Å². The molecule has 1 aliphatic heterocycles. The number of carbonyl (C=O) groups excluding carboxylic acids is 1. The van der Waals surface area contributed by atoms with E-state index in [9.17, 15) is 4.79 Å². The van der Waals surface area contributed by atoms with Gasteiger partial charge < -0.3 is 25.3 Å². The van der Waals surface area contributed by atoms with E-state index in [-0.39, 0.29) is 5.91 Å². The van der Waals surface area contributed by atoms with Gasteiger partial charge in [0.2, 0.25) is 0 Å². The first-order chi connectivity index (χ1) is 15.7. The van der Waals surface area contributed by atoms with Crippen LogP contribution in [0.2, 0.25) is 0 Å². The largest absolute Gasteiger partial charge is 0.467 e. The third-order valence-corrected chi connectivity index (χ3v) is 5.60. The number of amides is 1. The lowest BCUT2D eigenvalue weighted by atomic mass is 10.1. The predicted octanol–water partition coefficient (Wildman–Crippen LogP) is 3.53. The van der Waals surface area contributed by atoms with Crippen molar-refractivity contribution in [1.29, 1.82) is 0 Å². The Hall–Kier alpha value is -2.80. The van der Waals surface area contributed by atoms with Crippen molar-refractivity contribution in [3.05, 3.63) is 59.5 Å². The first-order valence-electron chi connectivity index (χ1n) is 11.9. The van der Waals surface area contributed by atoms with Crippen molar-refractivity contribution in [2.24, 2.45) is 4.99 Å². The Morgan fingerprint density at radius 3 is 2.66 bits per heavy atom. The lowest BCUT2D eigenvalue weighted by molar-refractivity contribution is 0.0948. The molecule has 0 spiro atoms. The highest BCUT2D eigenvalue weighted by Gasteiger charge is 2.09. The first-order valence-corrected chi connectivity index (χ1v) is 11.9. The smallest absolute Gasteiger partial charge is 0.251 e. The van der Waals surface area contributed by atoms with Crippen LogP contribution in [0.1, 0.15) is 60.7 Å². The van der Waals surface area contributed by atoms with E-state index in [4.69, 9.17) is 9.41 Å². The van der Waals surface area contributed by atoms with Gasteiger partial charge in [0, 0.05) is 18.7 Å². The summed E-state index contributed by atoms with van der Waals surface area (Å²) >= 11 is 0. The van der Waals surface area contributed by atoms with E-state index in [1.165, 1.54) is 38.8 Å². The maximum atomic E-state index is 12.4. The molecule has 2 heterocycles. The summed E-state index contributed by atoms with van der Waals surface area (Å²) in [5, 5.41) is 9.63. The number of likely N-dealkylation sites (tertiary alicyclic amines) is 1. The SMILES string of the molecule is CCNC(=NCc1cccc(C(=O)NCc2ccco2)c1)NCCCN1CCCCCC1. The van der Waals surface area contributed by atoms with Crippen molar-refractivity contribution >= 4 is 11.9 Å². The average Bonchev–Trinajstić information content (AvgIpc) is 3.21. The molecule has 32 heavy (non-hydrogen) atoms. The first kappa shape index (κ1) is 23.9. The molecular formula is C25H37N5O2. The number of furan rings is 1. The fourth-order valence-corrected chi connectivity index (χ4v) is 3.87. The molecule has 0 aliphatic carbocycles. The summed E-state index contributed by atoms with van der Waals surface area (Å²) in [5.74, 6) is 1.43. The second-order valence-electron chi connectivity index (χ2n) is 8.19. The van der Waals surface area contributed by atoms with Crippen LogP contribution in [-0.4, -0.2) is 49.5 Å². The van der Waals surface area contributed by atoms with Gasteiger partial charge in [-0.05, 0) is 75.6 Å². The van der Waals surface area contributed by atoms with E-state index in [1.54, 1.807) is 6.26 Å². The lowest BCUT2D eigenvalue weighted by Crippen LogP contribution is -2.39. The van der Waals surface area contributed by atoms with Crippen molar-refractivity contribution in [2.45, 2.75) is 52.1 Å². The molecule has 7 heteroatoms. The molecule has 1 fully saturated rings. The molecule has 0 bridgehead atoms. The lowest BCUT2D eigenvalue weighted by Gasteiger charge is -2.20. The van der Waals surface area contributed by atoms with E-state index in [0.717, 1.165) is 43.3 Å². The van der Waals surface area contributed by atoms with Crippen LogP contribution in [0.3, 0.4) is 0 Å². The van der Waals surface area contributed by atoms with Gasteiger partial charge in [0.05, 0.1) is 19.4 Å². The summed E-state index contributed by atoms with van der Waals surface area (Å²) in [7, 11) is 0. The highest BCUT2D eigenvalue weighted by atomic mass is 16.3. The third-order valence-electron chi connectivity index (χ3n) is 5.60. The van der Waals surface area contributed by atoms with Crippen LogP contribution >= 0.6 is 0 Å². The summed E-state index contributed by atoms with van der Waals surface area (Å²) in [5.41, 5.74) is 1.62. The number of carbonyl (C=O) groups is 1. The van der Waals surface area contributed by atoms with Gasteiger partial charge in [0.15, 0.2) is 5.96 Å². The van der Waals surface area contributed by atoms with Crippen molar-refractivity contribution in [3.63, 3.8) is 0 Å². The third kappa shape index (κ3) is 8.38. The zero-order valence-electron chi connectivity index (χ0n) is 19.2. The summed E-state index contributed by atoms with van der Waals surface area (Å²) in [6.07, 6.45) is 8.12. The van der Waals surface area contributed by atoms with E-state index in [0.29, 0.717) is 18.7 Å². The van der Waals surface area contributed by atoms with Gasteiger partial charge in [-0.3, -0.25) is 4.79 Å². The zero-order chi connectivity index (χ0) is 22.4. The minimum atomic E-state index is -0.120. The summed E-state index contributed by atoms with van der Waals surface area (Å²) < 4.78 is 5.26. The van der Waals surface area contributed by atoms with Gasteiger partial charge in [0.25, 0.3) is 5.91 Å². The molecule has 7 nitrogen and oxygen atoms in total. The number of hydrogen-bond donors (Lipinski definition) is 3. The van der Waals surface area contributed by atoms with Crippen LogP contribution in [0.15, 0.2) is 52.1 Å². The predicted molar refractivity (Wildman–Crippen MR) is 129 cm³/mol. The molecule has 1 aliphatic rings. The molecule has 3 rings (SSSR count). The summed E-state index contributed by atoms with van der Waals surface area (Å²) in [6.45, 7) is 8.28. The van der Waals surface area contributed by atoms with Gasteiger partial charge in [0.1, 0.15) is 5.76 Å². The monoisotopic (exact) mass is 439 g/mol. The molecule has 0 radical (unpaired) electrons. The number of aliphatic imine (C=N–C) groups is 1. The Bertz CT molecular complexity index is 827. The summed E-state index contributed by atoms with van der Waals surface area (Å²) in [6, 6.07) is 11.3. The molecule has 2 aromatic rings. The summed E-state index contributed by atoms with van der Waals surface area (Å²) in [4.78, 5) is 19.7. The average molecular weight is 440 g/mol. The van der Waals surface area contributed by atoms with Gasteiger partial charge in [-0.2, -0.15) is 0 Å². The Kier molecular flexibility index (Phi) is 10.1. The molecule has 0 unspecified atom stereocenters. The zero-order valence-corrected chi connectivity index (χ0v) is 19.2. The normalized spacial score (nSPS) is 15.2. The Balaban J connectivity index is 1.46. The standard InChI is InChI=1S/C25H37N5O2/c1-2-26-25(27-13-9-16-30-14-5-3-4-6-15-30)29-19-21-10-7-11-22(18-21)24(31)28-20-23-12-8-17-32-23/h7-8,10-12,17-18H,2-6,9,13-16,19-20H2,1H3,(H,28,31)(H2,26,27,29). The molecule has 1 aromatic heterocycles. The van der Waals surface area contributed by atoms with E-state index in [1.807, 2.05) is 36.4 Å². The van der Waals surface area contributed by atoms with Crippen molar-refractivity contribution in [1.82, 2.24) is 20.9 Å². The molecule has 0 saturated carbocycles. The topological polar surface area (TPSA) is 81.9 Å². The van der Waals surface area contributed by atoms with Gasteiger partial charge in [-0.1, -0.05) is 25.0 Å². The van der Waals surface area contributed by atoms with Crippen LogP contribution < -0.4 is 16.0 Å². The molecule has 0 atom stereocenters. The number of nitrogens with one attached hydrogen (secondary N) is 3. The fourth-order valence-electron chi connectivity index (χ4n) is 3.87. The van der Waals surface area contributed by atoms with Gasteiger partial charge in [-0.15, -0.1) is 0 Å². The number of nitrogens with zero attached hydrogens (tertiary/aromatic N) is 2. The molecule has 174 valence electrons. The highest BCUT2D eigenvalue weighted by molar-refractivity contribution is 5.94. The van der Waals surface area contributed by atoms with Gasteiger partial charge in [-0.25, -0.2) is 4.99 Å². The molecule has 1 amide bonds. The molecule has 1 saturated heterocycles. The van der Waals surface area contributed by atoms with Crippen LogP contribution in [-0.2, 0) is 13.1 Å².